The summed E-state index contributed by atoms with van der Waals surface area (Å²) < 4.78 is 5.32. The zero-order valence-electron chi connectivity index (χ0n) is 8.24. The summed E-state index contributed by atoms with van der Waals surface area (Å²) in [5.41, 5.74) is 2.29. The molecular weight excluding hydrogens is 216 g/mol. The number of carboxylic acids is 1. The van der Waals surface area contributed by atoms with Crippen molar-refractivity contribution in [3.8, 4) is 5.75 Å². The molecule has 1 rings (SSSR count). The smallest absolute Gasteiger partial charge is 0.339 e. The van der Waals surface area contributed by atoms with Gasteiger partial charge in [0.05, 0.1) is 0 Å². The second-order valence-electron chi connectivity index (χ2n) is 2.93. The van der Waals surface area contributed by atoms with E-state index >= 15 is 0 Å². The standard InChI is InChI=1S/C11H11ClO3/c1-8-4-2-5-9(11(13)14)10(8)15-7-3-6-12/h2-6H,7H2,1H3,(H,13,14)/b6-3+. The number of aryl methyl sites for hydroxylation is 1. The normalized spacial score (nSPS) is 10.5. The van der Waals surface area contributed by atoms with Gasteiger partial charge >= 0.3 is 5.97 Å². The monoisotopic (exact) mass is 226 g/mol. The number of halogens is 1. The van der Waals surface area contributed by atoms with Crippen molar-refractivity contribution < 1.29 is 14.6 Å². The summed E-state index contributed by atoms with van der Waals surface area (Å²) in [7, 11) is 0. The Morgan fingerprint density at radius 1 is 1.60 bits per heavy atom. The van der Waals surface area contributed by atoms with Gasteiger partial charge in [-0.15, -0.1) is 0 Å². The first-order valence-electron chi connectivity index (χ1n) is 4.37. The second kappa shape index (κ2) is 5.41. The van der Waals surface area contributed by atoms with Crippen LogP contribution in [0.15, 0.2) is 29.8 Å². The Labute approximate surface area is 92.9 Å². The number of aromatic carboxylic acids is 1. The highest BCUT2D eigenvalue weighted by Crippen LogP contribution is 2.23. The van der Waals surface area contributed by atoms with Crippen molar-refractivity contribution in [2.45, 2.75) is 6.92 Å². The highest BCUT2D eigenvalue weighted by molar-refractivity contribution is 6.25. The molecule has 0 heterocycles. The quantitative estimate of drug-likeness (QED) is 0.859. The molecule has 80 valence electrons. The van der Waals surface area contributed by atoms with Crippen LogP contribution in [0.4, 0.5) is 0 Å². The Morgan fingerprint density at radius 2 is 2.33 bits per heavy atom. The molecule has 0 bridgehead atoms. The van der Waals surface area contributed by atoms with E-state index in [1.165, 1.54) is 11.6 Å². The van der Waals surface area contributed by atoms with E-state index in [1.807, 2.05) is 0 Å². The SMILES string of the molecule is Cc1cccc(C(=O)O)c1OC/C=C/Cl. The Kier molecular flexibility index (Phi) is 4.18. The lowest BCUT2D eigenvalue weighted by Gasteiger charge is -2.09. The summed E-state index contributed by atoms with van der Waals surface area (Å²) >= 11 is 5.33. The zero-order chi connectivity index (χ0) is 11.3. The Hall–Kier alpha value is -1.48. The molecule has 0 saturated carbocycles. The van der Waals surface area contributed by atoms with Gasteiger partial charge in [0.2, 0.25) is 0 Å². The van der Waals surface area contributed by atoms with Crippen LogP contribution in [0.25, 0.3) is 0 Å². The van der Waals surface area contributed by atoms with Crippen molar-refractivity contribution >= 4 is 17.6 Å². The van der Waals surface area contributed by atoms with Gasteiger partial charge in [0, 0.05) is 5.54 Å². The predicted octanol–water partition coefficient (Wildman–Crippen LogP) is 2.82. The molecule has 0 spiro atoms. The number of hydrogen-bond donors (Lipinski definition) is 1. The van der Waals surface area contributed by atoms with Gasteiger partial charge in [0.25, 0.3) is 0 Å². The van der Waals surface area contributed by atoms with E-state index in [1.54, 1.807) is 25.1 Å². The van der Waals surface area contributed by atoms with Crippen LogP contribution in [0, 0.1) is 6.92 Å². The maximum absolute atomic E-state index is 10.9. The van der Waals surface area contributed by atoms with Gasteiger partial charge in [-0.25, -0.2) is 4.79 Å². The highest BCUT2D eigenvalue weighted by atomic mass is 35.5. The maximum Gasteiger partial charge on any atom is 0.339 e. The fourth-order valence-corrected chi connectivity index (χ4v) is 1.25. The molecule has 15 heavy (non-hydrogen) atoms. The molecule has 3 nitrogen and oxygen atoms in total. The van der Waals surface area contributed by atoms with E-state index in [-0.39, 0.29) is 12.2 Å². The van der Waals surface area contributed by atoms with E-state index < -0.39 is 5.97 Å². The number of ether oxygens (including phenoxy) is 1. The maximum atomic E-state index is 10.9. The lowest BCUT2D eigenvalue weighted by Crippen LogP contribution is -2.04. The molecule has 4 heteroatoms. The first kappa shape index (κ1) is 11.6. The Morgan fingerprint density at radius 3 is 2.93 bits per heavy atom. The average molecular weight is 227 g/mol. The van der Waals surface area contributed by atoms with Crippen LogP contribution in [0.2, 0.25) is 0 Å². The number of hydrogen-bond acceptors (Lipinski definition) is 2. The van der Waals surface area contributed by atoms with Crippen LogP contribution in [-0.4, -0.2) is 17.7 Å². The second-order valence-corrected chi connectivity index (χ2v) is 3.18. The van der Waals surface area contributed by atoms with Crippen molar-refractivity contribution in [1.29, 1.82) is 0 Å². The molecule has 1 N–H and O–H groups in total. The molecule has 0 fully saturated rings. The summed E-state index contributed by atoms with van der Waals surface area (Å²) in [6, 6.07) is 4.99. The molecule has 0 aromatic heterocycles. The number of rotatable bonds is 4. The first-order chi connectivity index (χ1) is 7.16. The van der Waals surface area contributed by atoms with E-state index in [4.69, 9.17) is 21.4 Å². The number of carbonyl (C=O) groups is 1. The van der Waals surface area contributed by atoms with Gasteiger partial charge in [0.15, 0.2) is 0 Å². The largest absolute Gasteiger partial charge is 0.488 e. The van der Waals surface area contributed by atoms with Gasteiger partial charge in [-0.05, 0) is 24.6 Å². The predicted molar refractivity (Wildman–Crippen MR) is 58.6 cm³/mol. The third kappa shape index (κ3) is 2.99. The molecule has 0 unspecified atom stereocenters. The van der Waals surface area contributed by atoms with Crippen LogP contribution in [-0.2, 0) is 0 Å². The number of benzene rings is 1. The van der Waals surface area contributed by atoms with Gasteiger partial charge in [-0.3, -0.25) is 0 Å². The Balaban J connectivity index is 2.97. The summed E-state index contributed by atoms with van der Waals surface area (Å²) in [4.78, 5) is 10.9. The van der Waals surface area contributed by atoms with E-state index in [0.29, 0.717) is 5.75 Å². The van der Waals surface area contributed by atoms with Gasteiger partial charge in [0.1, 0.15) is 17.9 Å². The Bertz CT molecular complexity index is 385. The molecule has 1 aromatic carbocycles. The topological polar surface area (TPSA) is 46.5 Å². The van der Waals surface area contributed by atoms with Crippen molar-refractivity contribution in [3.63, 3.8) is 0 Å². The van der Waals surface area contributed by atoms with Crippen LogP contribution in [0.1, 0.15) is 15.9 Å². The summed E-state index contributed by atoms with van der Waals surface area (Å²) in [6.07, 6.45) is 1.60. The molecule has 0 radical (unpaired) electrons. The molecule has 0 amide bonds. The van der Waals surface area contributed by atoms with Crippen LogP contribution < -0.4 is 4.74 Å². The van der Waals surface area contributed by atoms with Gasteiger partial charge in [-0.2, -0.15) is 0 Å². The molecule has 0 saturated heterocycles. The number of para-hydroxylation sites is 1. The molecular formula is C11H11ClO3. The fourth-order valence-electron chi connectivity index (χ4n) is 1.18. The van der Waals surface area contributed by atoms with E-state index in [9.17, 15) is 4.79 Å². The zero-order valence-corrected chi connectivity index (χ0v) is 8.99. The lowest BCUT2D eigenvalue weighted by molar-refractivity contribution is 0.0692. The number of carboxylic acid groups (broad SMARTS) is 1. The van der Waals surface area contributed by atoms with Crippen LogP contribution >= 0.6 is 11.6 Å². The summed E-state index contributed by atoms with van der Waals surface area (Å²) in [6.45, 7) is 2.06. The van der Waals surface area contributed by atoms with E-state index in [0.717, 1.165) is 5.56 Å². The van der Waals surface area contributed by atoms with Crippen molar-refractivity contribution in [2.75, 3.05) is 6.61 Å². The fraction of sp³-hybridized carbons (Fsp3) is 0.182. The molecule has 0 aliphatic carbocycles. The van der Waals surface area contributed by atoms with Gasteiger partial charge < -0.3 is 9.84 Å². The minimum atomic E-state index is -0.997. The molecule has 0 aliphatic heterocycles. The van der Waals surface area contributed by atoms with Crippen molar-refractivity contribution in [1.82, 2.24) is 0 Å². The average Bonchev–Trinajstić information content (AvgIpc) is 2.20. The first-order valence-corrected chi connectivity index (χ1v) is 4.81. The van der Waals surface area contributed by atoms with Crippen LogP contribution in [0.3, 0.4) is 0 Å². The highest BCUT2D eigenvalue weighted by Gasteiger charge is 2.12. The van der Waals surface area contributed by atoms with Crippen molar-refractivity contribution in [3.05, 3.63) is 40.9 Å². The molecule has 0 aliphatic rings. The molecule has 1 aromatic rings. The summed E-state index contributed by atoms with van der Waals surface area (Å²) in [5, 5.41) is 8.92. The third-order valence-electron chi connectivity index (χ3n) is 1.86. The third-order valence-corrected chi connectivity index (χ3v) is 2.03. The van der Waals surface area contributed by atoms with Crippen LogP contribution in [0.5, 0.6) is 5.75 Å². The molecule has 0 atom stereocenters. The lowest BCUT2D eigenvalue weighted by atomic mass is 10.1. The summed E-state index contributed by atoms with van der Waals surface area (Å²) in [5.74, 6) is -0.608. The van der Waals surface area contributed by atoms with Gasteiger partial charge in [-0.1, -0.05) is 23.7 Å². The minimum absolute atomic E-state index is 0.165. The van der Waals surface area contributed by atoms with Crippen molar-refractivity contribution in [2.24, 2.45) is 0 Å². The van der Waals surface area contributed by atoms with E-state index in [2.05, 4.69) is 0 Å². The minimum Gasteiger partial charge on any atom is -0.488 e.